The van der Waals surface area contributed by atoms with Crippen LogP contribution in [0.15, 0.2) is 17.6 Å². The molecule has 0 radical (unpaired) electrons. The van der Waals surface area contributed by atoms with Crippen molar-refractivity contribution in [3.05, 3.63) is 33.0 Å². The van der Waals surface area contributed by atoms with E-state index in [0.717, 1.165) is 44.9 Å². The average Bonchev–Trinajstić information content (AvgIpc) is 3.23. The molecule has 1 amide bonds. The van der Waals surface area contributed by atoms with Crippen molar-refractivity contribution in [2.75, 3.05) is 12.0 Å². The Bertz CT molecular complexity index is 1000. The van der Waals surface area contributed by atoms with Crippen LogP contribution in [0.4, 0.5) is 10.5 Å². The standard InChI is InChI=1S/C21H27N3O3S2/c1-7-8-16-13(2)18-19(29-16)14(11-22-23-18)24(20(25)27-21(3,4)5)12-17-15(26-6)9-10-28-17/h9-11H,7-8,12H2,1-6H3. The molecule has 8 heteroatoms. The summed E-state index contributed by atoms with van der Waals surface area (Å²) >= 11 is 3.23. The molecule has 0 aliphatic carbocycles. The molecular formula is C21H27N3O3S2. The maximum absolute atomic E-state index is 13.2. The summed E-state index contributed by atoms with van der Waals surface area (Å²) in [4.78, 5) is 17.0. The molecule has 0 fully saturated rings. The van der Waals surface area contributed by atoms with E-state index in [1.807, 2.05) is 32.2 Å². The van der Waals surface area contributed by atoms with Crippen LogP contribution in [-0.2, 0) is 17.7 Å². The Morgan fingerprint density at radius 2 is 2.03 bits per heavy atom. The molecule has 0 saturated heterocycles. The second kappa shape index (κ2) is 8.67. The zero-order chi connectivity index (χ0) is 21.2. The second-order valence-electron chi connectivity index (χ2n) is 7.79. The molecule has 0 N–H and O–H groups in total. The van der Waals surface area contributed by atoms with Gasteiger partial charge in [-0.25, -0.2) is 4.79 Å². The summed E-state index contributed by atoms with van der Waals surface area (Å²) in [5.41, 5.74) is 2.10. The van der Waals surface area contributed by atoms with Gasteiger partial charge in [0.05, 0.1) is 35.1 Å². The first-order valence-electron chi connectivity index (χ1n) is 9.59. The molecule has 156 valence electrons. The number of aryl methyl sites for hydroxylation is 2. The molecule has 3 aromatic heterocycles. The van der Waals surface area contributed by atoms with Gasteiger partial charge in [0.25, 0.3) is 0 Å². The average molecular weight is 434 g/mol. The molecule has 0 spiro atoms. The third-order valence-electron chi connectivity index (χ3n) is 4.39. The van der Waals surface area contributed by atoms with Gasteiger partial charge in [-0.1, -0.05) is 13.3 Å². The molecule has 3 aromatic rings. The zero-order valence-corrected chi connectivity index (χ0v) is 19.4. The number of thiophene rings is 2. The SMILES string of the molecule is CCCc1sc2c(N(Cc3sccc3OC)C(=O)OC(C)(C)C)cnnc2c1C. The molecule has 0 atom stereocenters. The second-order valence-corrected chi connectivity index (χ2v) is 9.89. The highest BCUT2D eigenvalue weighted by atomic mass is 32.1. The molecule has 0 aliphatic heterocycles. The zero-order valence-electron chi connectivity index (χ0n) is 17.7. The van der Waals surface area contributed by atoms with E-state index in [4.69, 9.17) is 9.47 Å². The number of carbonyl (C=O) groups excluding carboxylic acids is 1. The van der Waals surface area contributed by atoms with Gasteiger partial charge < -0.3 is 9.47 Å². The summed E-state index contributed by atoms with van der Waals surface area (Å²) in [6.45, 7) is 10.2. The lowest BCUT2D eigenvalue weighted by Crippen LogP contribution is -2.36. The van der Waals surface area contributed by atoms with E-state index in [1.54, 1.807) is 40.9 Å². The van der Waals surface area contributed by atoms with Crippen LogP contribution in [0.1, 0.15) is 49.4 Å². The number of aromatic nitrogens is 2. The highest BCUT2D eigenvalue weighted by molar-refractivity contribution is 7.19. The Hall–Kier alpha value is -2.19. The number of hydrogen-bond donors (Lipinski definition) is 0. The van der Waals surface area contributed by atoms with Crippen molar-refractivity contribution in [3.63, 3.8) is 0 Å². The van der Waals surface area contributed by atoms with E-state index in [9.17, 15) is 4.79 Å². The van der Waals surface area contributed by atoms with Crippen LogP contribution in [0.25, 0.3) is 10.2 Å². The summed E-state index contributed by atoms with van der Waals surface area (Å²) < 4.78 is 12.1. The van der Waals surface area contributed by atoms with Gasteiger partial charge in [-0.2, -0.15) is 5.10 Å². The lowest BCUT2D eigenvalue weighted by molar-refractivity contribution is 0.0578. The molecule has 0 aliphatic rings. The van der Waals surface area contributed by atoms with Gasteiger partial charge in [0.2, 0.25) is 0 Å². The predicted octanol–water partition coefficient (Wildman–Crippen LogP) is 5.96. The molecule has 29 heavy (non-hydrogen) atoms. The number of hydrogen-bond acceptors (Lipinski definition) is 7. The third-order valence-corrected chi connectivity index (χ3v) is 6.64. The predicted molar refractivity (Wildman–Crippen MR) is 119 cm³/mol. The number of rotatable bonds is 6. The molecule has 0 unspecified atom stereocenters. The van der Waals surface area contributed by atoms with Crippen LogP contribution in [0, 0.1) is 6.92 Å². The molecule has 6 nitrogen and oxygen atoms in total. The minimum Gasteiger partial charge on any atom is -0.496 e. The van der Waals surface area contributed by atoms with E-state index in [0.29, 0.717) is 6.54 Å². The highest BCUT2D eigenvalue weighted by Gasteiger charge is 2.28. The Kier molecular flexibility index (Phi) is 6.43. The molecule has 0 bridgehead atoms. The van der Waals surface area contributed by atoms with Crippen molar-refractivity contribution in [3.8, 4) is 5.75 Å². The summed E-state index contributed by atoms with van der Waals surface area (Å²) in [6.07, 6.45) is 3.28. The normalized spacial score (nSPS) is 11.7. The third kappa shape index (κ3) is 4.70. The number of fused-ring (bicyclic) bond motifs is 1. The lowest BCUT2D eigenvalue weighted by Gasteiger charge is -2.27. The summed E-state index contributed by atoms with van der Waals surface area (Å²) in [5, 5.41) is 10.5. The van der Waals surface area contributed by atoms with Crippen molar-refractivity contribution >= 4 is 44.7 Å². The minimum absolute atomic E-state index is 0.344. The number of nitrogens with zero attached hydrogens (tertiary/aromatic N) is 3. The Morgan fingerprint density at radius 1 is 1.28 bits per heavy atom. The summed E-state index contributed by atoms with van der Waals surface area (Å²) in [6, 6.07) is 1.91. The quantitative estimate of drug-likeness (QED) is 0.479. The maximum atomic E-state index is 13.2. The van der Waals surface area contributed by atoms with E-state index < -0.39 is 11.7 Å². The fraction of sp³-hybridized carbons (Fsp3) is 0.476. The fourth-order valence-electron chi connectivity index (χ4n) is 3.04. The van der Waals surface area contributed by atoms with Gasteiger partial charge in [-0.05, 0) is 51.1 Å². The van der Waals surface area contributed by atoms with E-state index >= 15 is 0 Å². The minimum atomic E-state index is -0.604. The number of anilines is 1. The van der Waals surface area contributed by atoms with Crippen molar-refractivity contribution in [1.82, 2.24) is 10.2 Å². The lowest BCUT2D eigenvalue weighted by atomic mass is 10.2. The Balaban J connectivity index is 2.10. The van der Waals surface area contributed by atoms with Gasteiger partial charge in [-0.3, -0.25) is 4.90 Å². The van der Waals surface area contributed by atoms with E-state index in [1.165, 1.54) is 4.88 Å². The van der Waals surface area contributed by atoms with Crippen LogP contribution in [0.2, 0.25) is 0 Å². The number of amides is 1. The molecule has 0 saturated carbocycles. The van der Waals surface area contributed by atoms with E-state index in [-0.39, 0.29) is 0 Å². The van der Waals surface area contributed by atoms with Crippen LogP contribution in [0.3, 0.4) is 0 Å². The van der Waals surface area contributed by atoms with Crippen LogP contribution >= 0.6 is 22.7 Å². The van der Waals surface area contributed by atoms with Crippen molar-refractivity contribution < 1.29 is 14.3 Å². The monoisotopic (exact) mass is 433 g/mol. The van der Waals surface area contributed by atoms with Crippen LogP contribution < -0.4 is 9.64 Å². The molecule has 3 rings (SSSR count). The smallest absolute Gasteiger partial charge is 0.415 e. The van der Waals surface area contributed by atoms with Gasteiger partial charge in [0.15, 0.2) is 0 Å². The molecule has 0 aromatic carbocycles. The van der Waals surface area contributed by atoms with Crippen molar-refractivity contribution in [1.29, 1.82) is 0 Å². The van der Waals surface area contributed by atoms with Gasteiger partial charge in [0, 0.05) is 4.88 Å². The Morgan fingerprint density at radius 3 is 2.69 bits per heavy atom. The van der Waals surface area contributed by atoms with Crippen molar-refractivity contribution in [2.45, 2.75) is 59.6 Å². The summed E-state index contributed by atoms with van der Waals surface area (Å²) in [5.74, 6) is 0.760. The first-order chi connectivity index (χ1) is 13.7. The number of carbonyl (C=O) groups is 1. The van der Waals surface area contributed by atoms with E-state index in [2.05, 4.69) is 24.0 Å². The molecule has 3 heterocycles. The maximum Gasteiger partial charge on any atom is 0.415 e. The first kappa shape index (κ1) is 21.5. The number of methoxy groups -OCH3 is 1. The first-order valence-corrected chi connectivity index (χ1v) is 11.3. The van der Waals surface area contributed by atoms with Crippen LogP contribution in [-0.4, -0.2) is 29.0 Å². The summed E-state index contributed by atoms with van der Waals surface area (Å²) in [7, 11) is 1.63. The Labute approximate surface area is 179 Å². The number of ether oxygens (including phenoxy) is 2. The van der Waals surface area contributed by atoms with Gasteiger partial charge >= 0.3 is 6.09 Å². The van der Waals surface area contributed by atoms with Crippen molar-refractivity contribution in [2.24, 2.45) is 0 Å². The largest absolute Gasteiger partial charge is 0.496 e. The van der Waals surface area contributed by atoms with Gasteiger partial charge in [-0.15, -0.1) is 27.8 Å². The van der Waals surface area contributed by atoms with Gasteiger partial charge in [0.1, 0.15) is 16.9 Å². The topological polar surface area (TPSA) is 64.5 Å². The fourth-order valence-corrected chi connectivity index (χ4v) is 5.22. The molecular weight excluding hydrogens is 406 g/mol. The highest BCUT2D eigenvalue weighted by Crippen LogP contribution is 2.38. The van der Waals surface area contributed by atoms with Crippen LogP contribution in [0.5, 0.6) is 5.75 Å².